The van der Waals surface area contributed by atoms with Gasteiger partial charge in [-0.05, 0) is 48.6 Å². The minimum Gasteiger partial charge on any atom is -0.497 e. The molecule has 3 rings (SSSR count). The van der Waals surface area contributed by atoms with Crippen LogP contribution < -0.4 is 10.1 Å². The average molecular weight is 421 g/mol. The molecule has 0 bridgehead atoms. The molecule has 0 unspecified atom stereocenters. The topological polar surface area (TPSA) is 37.6 Å². The van der Waals surface area contributed by atoms with Crippen molar-refractivity contribution in [2.24, 2.45) is 0 Å². The third-order valence-electron chi connectivity index (χ3n) is 3.95. The summed E-state index contributed by atoms with van der Waals surface area (Å²) in [5.74, 6) is 1.53. The second-order valence-corrected chi connectivity index (χ2v) is 7.00. The minimum absolute atomic E-state index is 0.439. The highest BCUT2D eigenvalue weighted by molar-refractivity contribution is 7.80. The summed E-state index contributed by atoms with van der Waals surface area (Å²) in [6.45, 7) is 0.916. The number of methoxy groups -OCH3 is 1. The number of rotatable bonds is 6. The van der Waals surface area contributed by atoms with Crippen molar-refractivity contribution in [1.82, 2.24) is 4.90 Å². The van der Waals surface area contributed by atoms with E-state index in [4.69, 9.17) is 44.6 Å². The number of hydrogen-bond donors (Lipinski definition) is 1. The molecule has 7 heteroatoms. The predicted molar refractivity (Wildman–Crippen MR) is 114 cm³/mol. The third kappa shape index (κ3) is 5.16. The van der Waals surface area contributed by atoms with Crippen molar-refractivity contribution in [3.63, 3.8) is 0 Å². The van der Waals surface area contributed by atoms with Crippen molar-refractivity contribution in [2.45, 2.75) is 13.1 Å². The normalized spacial score (nSPS) is 10.5. The Morgan fingerprint density at radius 3 is 2.48 bits per heavy atom. The molecule has 0 aliphatic carbocycles. The van der Waals surface area contributed by atoms with Gasteiger partial charge in [-0.15, -0.1) is 0 Å². The first-order valence-corrected chi connectivity index (χ1v) is 9.38. The second kappa shape index (κ2) is 9.13. The summed E-state index contributed by atoms with van der Waals surface area (Å²) >= 11 is 18.3. The molecule has 1 N–H and O–H groups in total. The van der Waals surface area contributed by atoms with Crippen LogP contribution in [-0.4, -0.2) is 17.1 Å². The SMILES string of the molecule is COc1cccc(NC(=S)N(Cc2ccco2)Cc2c(Cl)cccc2Cl)c1. The third-order valence-corrected chi connectivity index (χ3v) is 5.01. The lowest BCUT2D eigenvalue weighted by Crippen LogP contribution is -2.34. The van der Waals surface area contributed by atoms with Crippen LogP contribution in [0.5, 0.6) is 5.75 Å². The largest absolute Gasteiger partial charge is 0.497 e. The summed E-state index contributed by atoms with van der Waals surface area (Å²) in [5, 5.41) is 4.95. The number of furan rings is 1. The lowest BCUT2D eigenvalue weighted by molar-refractivity contribution is 0.360. The van der Waals surface area contributed by atoms with Gasteiger partial charge in [0.05, 0.1) is 19.9 Å². The summed E-state index contributed by atoms with van der Waals surface area (Å²) in [5.41, 5.74) is 1.64. The van der Waals surface area contributed by atoms with Crippen LogP contribution in [0.4, 0.5) is 5.69 Å². The second-order valence-electron chi connectivity index (χ2n) is 5.80. The fourth-order valence-electron chi connectivity index (χ4n) is 2.57. The molecule has 0 spiro atoms. The van der Waals surface area contributed by atoms with Crippen LogP contribution in [0, 0.1) is 0 Å². The van der Waals surface area contributed by atoms with Gasteiger partial charge in [0.25, 0.3) is 0 Å². The smallest absolute Gasteiger partial charge is 0.174 e. The number of benzene rings is 2. The number of ether oxygens (including phenoxy) is 1. The van der Waals surface area contributed by atoms with Gasteiger partial charge in [0.15, 0.2) is 5.11 Å². The highest BCUT2D eigenvalue weighted by atomic mass is 35.5. The Balaban J connectivity index is 1.83. The molecule has 0 radical (unpaired) electrons. The molecule has 4 nitrogen and oxygen atoms in total. The highest BCUT2D eigenvalue weighted by Gasteiger charge is 2.16. The summed E-state index contributed by atoms with van der Waals surface area (Å²) in [4.78, 5) is 1.95. The lowest BCUT2D eigenvalue weighted by Gasteiger charge is -2.26. The van der Waals surface area contributed by atoms with Gasteiger partial charge in [0.2, 0.25) is 0 Å². The molecule has 0 atom stereocenters. The van der Waals surface area contributed by atoms with Crippen LogP contribution in [0.3, 0.4) is 0 Å². The Bertz CT molecular complexity index is 896. The molecule has 1 heterocycles. The van der Waals surface area contributed by atoms with E-state index in [-0.39, 0.29) is 0 Å². The van der Waals surface area contributed by atoms with E-state index in [1.165, 1.54) is 0 Å². The average Bonchev–Trinajstić information content (AvgIpc) is 3.17. The molecule has 0 saturated carbocycles. The van der Waals surface area contributed by atoms with Gasteiger partial charge in [-0.3, -0.25) is 0 Å². The van der Waals surface area contributed by atoms with Crippen molar-refractivity contribution in [1.29, 1.82) is 0 Å². The van der Waals surface area contributed by atoms with Gasteiger partial charge in [-0.25, -0.2) is 0 Å². The number of anilines is 1. The van der Waals surface area contributed by atoms with Crippen LogP contribution in [-0.2, 0) is 13.1 Å². The van der Waals surface area contributed by atoms with Crippen LogP contribution in [0.1, 0.15) is 11.3 Å². The highest BCUT2D eigenvalue weighted by Crippen LogP contribution is 2.27. The first kappa shape index (κ1) is 19.5. The maximum absolute atomic E-state index is 6.35. The molecule has 27 heavy (non-hydrogen) atoms. The van der Waals surface area contributed by atoms with Gasteiger partial charge in [-0.1, -0.05) is 35.3 Å². The van der Waals surface area contributed by atoms with Crippen molar-refractivity contribution < 1.29 is 9.15 Å². The van der Waals surface area contributed by atoms with Gasteiger partial charge in [0, 0.05) is 33.9 Å². The summed E-state index contributed by atoms with van der Waals surface area (Å²) < 4.78 is 10.7. The van der Waals surface area contributed by atoms with Gasteiger partial charge in [0.1, 0.15) is 11.5 Å². The van der Waals surface area contributed by atoms with E-state index in [0.717, 1.165) is 22.8 Å². The predicted octanol–water partition coefficient (Wildman–Crippen LogP) is 5.99. The molecule has 1 aromatic heterocycles. The molecule has 2 aromatic carbocycles. The van der Waals surface area contributed by atoms with Gasteiger partial charge < -0.3 is 19.4 Å². The molecule has 0 amide bonds. The van der Waals surface area contributed by atoms with Crippen LogP contribution in [0.2, 0.25) is 10.0 Å². The fraction of sp³-hybridized carbons (Fsp3) is 0.150. The van der Waals surface area contributed by atoms with Gasteiger partial charge in [-0.2, -0.15) is 0 Å². The van der Waals surface area contributed by atoms with Crippen molar-refractivity contribution in [3.8, 4) is 5.75 Å². The fourth-order valence-corrected chi connectivity index (χ4v) is 3.33. The zero-order valence-electron chi connectivity index (χ0n) is 14.6. The van der Waals surface area contributed by atoms with Crippen molar-refractivity contribution >= 4 is 46.2 Å². The summed E-state index contributed by atoms with van der Waals surface area (Å²) in [6, 6.07) is 16.7. The Morgan fingerprint density at radius 1 is 1.07 bits per heavy atom. The van der Waals surface area contributed by atoms with Crippen molar-refractivity contribution in [3.05, 3.63) is 82.2 Å². The Labute approximate surface area is 173 Å². The molecular formula is C20H18Cl2N2O2S. The van der Waals surface area contributed by atoms with Crippen LogP contribution >= 0.6 is 35.4 Å². The van der Waals surface area contributed by atoms with E-state index in [9.17, 15) is 0 Å². The van der Waals surface area contributed by atoms with E-state index in [1.54, 1.807) is 13.4 Å². The molecule has 3 aromatic rings. The van der Waals surface area contributed by atoms with E-state index in [1.807, 2.05) is 59.5 Å². The summed E-state index contributed by atoms with van der Waals surface area (Å²) in [6.07, 6.45) is 1.63. The maximum atomic E-state index is 6.35. The minimum atomic E-state index is 0.439. The Hall–Kier alpha value is -2.21. The van der Waals surface area contributed by atoms with Crippen LogP contribution in [0.25, 0.3) is 0 Å². The Kier molecular flexibility index (Phi) is 6.61. The number of nitrogens with one attached hydrogen (secondary N) is 1. The number of nitrogens with zero attached hydrogens (tertiary/aromatic N) is 1. The zero-order chi connectivity index (χ0) is 19.2. The quantitative estimate of drug-likeness (QED) is 0.495. The van der Waals surface area contributed by atoms with Crippen LogP contribution in [0.15, 0.2) is 65.3 Å². The lowest BCUT2D eigenvalue weighted by atomic mass is 10.2. The molecule has 0 saturated heterocycles. The first-order chi connectivity index (χ1) is 13.1. The first-order valence-electron chi connectivity index (χ1n) is 8.22. The molecule has 0 aliphatic rings. The van der Waals surface area contributed by atoms with E-state index >= 15 is 0 Å². The summed E-state index contributed by atoms with van der Waals surface area (Å²) in [7, 11) is 1.63. The van der Waals surface area contributed by atoms with E-state index < -0.39 is 0 Å². The number of hydrogen-bond acceptors (Lipinski definition) is 3. The van der Waals surface area contributed by atoms with E-state index in [2.05, 4.69) is 5.32 Å². The standard InChI is InChI=1S/C20H18Cl2N2O2S/c1-25-15-6-2-5-14(11-15)23-20(27)24(12-16-7-4-10-26-16)13-17-18(21)8-3-9-19(17)22/h2-11H,12-13H2,1H3,(H,23,27). The van der Waals surface area contributed by atoms with Crippen molar-refractivity contribution in [2.75, 3.05) is 12.4 Å². The van der Waals surface area contributed by atoms with E-state index in [0.29, 0.717) is 28.2 Å². The molecule has 140 valence electrons. The molecular weight excluding hydrogens is 403 g/mol. The van der Waals surface area contributed by atoms with Gasteiger partial charge >= 0.3 is 0 Å². The molecule has 0 aliphatic heterocycles. The Morgan fingerprint density at radius 2 is 1.81 bits per heavy atom. The zero-order valence-corrected chi connectivity index (χ0v) is 16.9. The monoisotopic (exact) mass is 420 g/mol. The number of thiocarbonyl (C=S) groups is 1. The molecule has 0 fully saturated rings. The number of halogens is 2. The maximum Gasteiger partial charge on any atom is 0.174 e.